The zero-order valence-electron chi connectivity index (χ0n) is 9.67. The summed E-state index contributed by atoms with van der Waals surface area (Å²) in [6.07, 6.45) is -0.720. The molecule has 94 valence electrons. The lowest BCUT2D eigenvalue weighted by molar-refractivity contribution is -0.217. The van der Waals surface area contributed by atoms with Crippen molar-refractivity contribution >= 4 is 9.84 Å². The first-order valence-electron chi connectivity index (χ1n) is 4.97. The normalized spacial score (nSPS) is 42.2. The van der Waals surface area contributed by atoms with Crippen LogP contribution in [-0.2, 0) is 28.8 Å². The van der Waals surface area contributed by atoms with Crippen LogP contribution in [-0.4, -0.2) is 51.5 Å². The van der Waals surface area contributed by atoms with E-state index in [9.17, 15) is 8.42 Å². The lowest BCUT2D eigenvalue weighted by Gasteiger charge is -2.22. The molecule has 0 amide bonds. The highest BCUT2D eigenvalue weighted by Crippen LogP contribution is 2.40. The van der Waals surface area contributed by atoms with E-state index in [0.717, 1.165) is 6.26 Å². The fourth-order valence-corrected chi connectivity index (χ4v) is 3.07. The van der Waals surface area contributed by atoms with Crippen molar-refractivity contribution in [1.29, 1.82) is 0 Å². The van der Waals surface area contributed by atoms with Crippen LogP contribution in [0.2, 0.25) is 0 Å². The molecule has 2 aliphatic heterocycles. The third-order valence-electron chi connectivity index (χ3n) is 2.62. The average molecular weight is 252 g/mol. The topological polar surface area (TPSA) is 71.1 Å². The van der Waals surface area contributed by atoms with Crippen molar-refractivity contribution in [1.82, 2.24) is 0 Å². The van der Waals surface area contributed by atoms with E-state index in [0.29, 0.717) is 0 Å². The van der Waals surface area contributed by atoms with Gasteiger partial charge in [-0.3, -0.25) is 0 Å². The third-order valence-corrected chi connectivity index (χ3v) is 3.85. The van der Waals surface area contributed by atoms with Gasteiger partial charge in [-0.2, -0.15) is 0 Å². The molecular formula is C9H16O6S. The summed E-state index contributed by atoms with van der Waals surface area (Å²) in [5.74, 6) is -0.807. The van der Waals surface area contributed by atoms with Gasteiger partial charge in [0.1, 0.15) is 12.2 Å². The van der Waals surface area contributed by atoms with Crippen LogP contribution in [0.25, 0.3) is 0 Å². The Kier molecular flexibility index (Phi) is 2.79. The summed E-state index contributed by atoms with van der Waals surface area (Å²) in [6.45, 7) is 3.47. The van der Waals surface area contributed by atoms with E-state index >= 15 is 0 Å². The number of ether oxygens (including phenoxy) is 4. The van der Waals surface area contributed by atoms with Crippen molar-refractivity contribution in [3.8, 4) is 0 Å². The van der Waals surface area contributed by atoms with E-state index in [1.54, 1.807) is 13.8 Å². The number of methoxy groups -OCH3 is 1. The number of hydrogen-bond donors (Lipinski definition) is 0. The van der Waals surface area contributed by atoms with E-state index in [1.807, 2.05) is 0 Å². The van der Waals surface area contributed by atoms with Gasteiger partial charge < -0.3 is 18.9 Å². The predicted molar refractivity (Wildman–Crippen MR) is 54.3 cm³/mol. The molecule has 2 rings (SSSR count). The Balaban J connectivity index is 2.28. The van der Waals surface area contributed by atoms with E-state index < -0.39 is 39.6 Å². The lowest BCUT2D eigenvalue weighted by Crippen LogP contribution is -2.35. The highest BCUT2D eigenvalue weighted by molar-refractivity contribution is 7.91. The first kappa shape index (κ1) is 12.3. The second-order valence-electron chi connectivity index (χ2n) is 4.50. The Morgan fingerprint density at radius 2 is 1.75 bits per heavy atom. The second-order valence-corrected chi connectivity index (χ2v) is 6.63. The smallest absolute Gasteiger partial charge is 0.190 e. The molecule has 0 spiro atoms. The standard InChI is InChI=1S/C9H16O6S/c1-9(2)14-5-6(15-9)8(16(4,10)11)13-7(5)12-3/h5-8H,1-4H3/t5-,6+,7-,8-/m1/s1. The minimum Gasteiger partial charge on any atom is -0.353 e. The average Bonchev–Trinajstić information content (AvgIpc) is 2.55. The largest absolute Gasteiger partial charge is 0.353 e. The molecule has 0 radical (unpaired) electrons. The molecule has 16 heavy (non-hydrogen) atoms. The Morgan fingerprint density at radius 3 is 2.25 bits per heavy atom. The maximum Gasteiger partial charge on any atom is 0.190 e. The zero-order valence-corrected chi connectivity index (χ0v) is 10.5. The number of rotatable bonds is 2. The first-order chi connectivity index (χ1) is 7.24. The van der Waals surface area contributed by atoms with E-state index in [1.165, 1.54) is 7.11 Å². The summed E-state index contributed by atoms with van der Waals surface area (Å²) in [5, 5.41) is 0. The maximum atomic E-state index is 11.5. The summed E-state index contributed by atoms with van der Waals surface area (Å²) < 4.78 is 44.5. The maximum absolute atomic E-state index is 11.5. The van der Waals surface area contributed by atoms with E-state index in [2.05, 4.69) is 0 Å². The van der Waals surface area contributed by atoms with Crippen LogP contribution in [0.3, 0.4) is 0 Å². The lowest BCUT2D eigenvalue weighted by atomic mass is 10.2. The zero-order chi connectivity index (χ0) is 12.1. The fraction of sp³-hybridized carbons (Fsp3) is 1.00. The molecular weight excluding hydrogens is 236 g/mol. The Hall–Kier alpha value is -0.210. The van der Waals surface area contributed by atoms with Gasteiger partial charge in [-0.15, -0.1) is 0 Å². The third kappa shape index (κ3) is 1.98. The van der Waals surface area contributed by atoms with Crippen LogP contribution >= 0.6 is 0 Å². The molecule has 4 atom stereocenters. The van der Waals surface area contributed by atoms with E-state index in [-0.39, 0.29) is 0 Å². The van der Waals surface area contributed by atoms with Gasteiger partial charge in [-0.05, 0) is 13.8 Å². The molecule has 0 aromatic heterocycles. The molecule has 0 unspecified atom stereocenters. The molecule has 7 heteroatoms. The van der Waals surface area contributed by atoms with Crippen molar-refractivity contribution < 1.29 is 27.4 Å². The van der Waals surface area contributed by atoms with Gasteiger partial charge in [0.25, 0.3) is 0 Å². The molecule has 0 bridgehead atoms. The monoisotopic (exact) mass is 252 g/mol. The molecule has 0 aromatic carbocycles. The summed E-state index contributed by atoms with van der Waals surface area (Å²) in [7, 11) is -1.91. The quantitative estimate of drug-likeness (QED) is 0.682. The molecule has 2 saturated heterocycles. The summed E-state index contributed by atoms with van der Waals surface area (Å²) in [5.41, 5.74) is -1.02. The van der Waals surface area contributed by atoms with Gasteiger partial charge in [-0.1, -0.05) is 0 Å². The molecule has 2 aliphatic rings. The molecule has 0 saturated carbocycles. The Bertz CT molecular complexity index is 375. The van der Waals surface area contributed by atoms with Crippen LogP contribution in [0.15, 0.2) is 0 Å². The highest BCUT2D eigenvalue weighted by atomic mass is 32.2. The van der Waals surface area contributed by atoms with Crippen molar-refractivity contribution in [3.05, 3.63) is 0 Å². The summed E-state index contributed by atoms with van der Waals surface area (Å²) >= 11 is 0. The molecule has 6 nitrogen and oxygen atoms in total. The van der Waals surface area contributed by atoms with Gasteiger partial charge in [-0.25, -0.2) is 8.42 Å². The van der Waals surface area contributed by atoms with Crippen LogP contribution in [0, 0.1) is 0 Å². The number of hydrogen-bond acceptors (Lipinski definition) is 6. The van der Waals surface area contributed by atoms with Crippen LogP contribution in [0.1, 0.15) is 13.8 Å². The van der Waals surface area contributed by atoms with E-state index in [4.69, 9.17) is 18.9 Å². The van der Waals surface area contributed by atoms with Crippen molar-refractivity contribution in [3.63, 3.8) is 0 Å². The minimum atomic E-state index is -3.36. The van der Waals surface area contributed by atoms with Crippen molar-refractivity contribution in [2.45, 2.75) is 43.6 Å². The predicted octanol–water partition coefficient (Wildman–Crippen LogP) is -0.120. The fourth-order valence-electron chi connectivity index (χ4n) is 2.06. The van der Waals surface area contributed by atoms with Crippen molar-refractivity contribution in [2.24, 2.45) is 0 Å². The number of sulfone groups is 1. The van der Waals surface area contributed by atoms with Gasteiger partial charge in [0.2, 0.25) is 0 Å². The minimum absolute atomic E-state index is 0.500. The molecule has 0 aliphatic carbocycles. The van der Waals surface area contributed by atoms with Gasteiger partial charge in [0.05, 0.1) is 0 Å². The van der Waals surface area contributed by atoms with Crippen LogP contribution < -0.4 is 0 Å². The Labute approximate surface area is 94.7 Å². The van der Waals surface area contributed by atoms with Gasteiger partial charge in [0, 0.05) is 13.4 Å². The summed E-state index contributed by atoms with van der Waals surface area (Å²) in [6, 6.07) is 0. The molecule has 0 N–H and O–H groups in total. The van der Waals surface area contributed by atoms with Crippen LogP contribution in [0.4, 0.5) is 0 Å². The SMILES string of the molecule is CO[C@@H]1O[C@H](S(C)(=O)=O)[C@H]2OC(C)(C)O[C@@H]12. The molecule has 2 heterocycles. The first-order valence-corrected chi connectivity index (χ1v) is 6.93. The summed E-state index contributed by atoms with van der Waals surface area (Å²) in [4.78, 5) is 0. The Morgan fingerprint density at radius 1 is 1.19 bits per heavy atom. The number of fused-ring (bicyclic) bond motifs is 1. The molecule has 0 aromatic rings. The second kappa shape index (κ2) is 3.64. The van der Waals surface area contributed by atoms with Crippen molar-refractivity contribution in [2.75, 3.05) is 13.4 Å². The van der Waals surface area contributed by atoms with Crippen LogP contribution in [0.5, 0.6) is 0 Å². The van der Waals surface area contributed by atoms with Gasteiger partial charge >= 0.3 is 0 Å². The molecule has 2 fully saturated rings. The van der Waals surface area contributed by atoms with Gasteiger partial charge in [0.15, 0.2) is 27.4 Å². The highest BCUT2D eigenvalue weighted by Gasteiger charge is 2.58.